The van der Waals surface area contributed by atoms with Crippen molar-refractivity contribution in [3.8, 4) is 0 Å². The summed E-state index contributed by atoms with van der Waals surface area (Å²) < 4.78 is 40.5. The Bertz CT molecular complexity index is 608. The van der Waals surface area contributed by atoms with E-state index in [2.05, 4.69) is 15.4 Å². The Morgan fingerprint density at radius 1 is 1.26 bits per heavy atom. The van der Waals surface area contributed by atoms with Crippen LogP contribution < -0.4 is 5.32 Å². The zero-order valence-electron chi connectivity index (χ0n) is 16.4. The lowest BCUT2D eigenvalue weighted by Gasteiger charge is -2.39. The van der Waals surface area contributed by atoms with E-state index in [9.17, 15) is 13.2 Å². The van der Waals surface area contributed by atoms with Crippen molar-refractivity contribution >= 4 is 29.9 Å². The second-order valence-electron chi connectivity index (χ2n) is 6.72. The molecule has 0 saturated carbocycles. The molecule has 1 aromatic rings. The van der Waals surface area contributed by atoms with Crippen LogP contribution in [0.1, 0.15) is 24.7 Å². The molecule has 0 amide bonds. The number of alkyl halides is 3. The van der Waals surface area contributed by atoms with Gasteiger partial charge in [0, 0.05) is 52.0 Å². The molecule has 0 radical (unpaired) electrons. The van der Waals surface area contributed by atoms with Gasteiger partial charge in [-0.3, -0.25) is 14.6 Å². The number of aromatic nitrogens is 2. The lowest BCUT2D eigenvalue weighted by Crippen LogP contribution is -2.56. The summed E-state index contributed by atoms with van der Waals surface area (Å²) in [6.45, 7) is 8.64. The molecule has 1 N–H and O–H groups in total. The van der Waals surface area contributed by atoms with Gasteiger partial charge in [0.1, 0.15) is 6.04 Å². The zero-order chi connectivity index (χ0) is 19.3. The molecule has 1 atom stereocenters. The summed E-state index contributed by atoms with van der Waals surface area (Å²) >= 11 is 0. The van der Waals surface area contributed by atoms with Crippen LogP contribution in [0.4, 0.5) is 13.2 Å². The topological polar surface area (TPSA) is 48.7 Å². The lowest BCUT2D eigenvalue weighted by atomic mass is 10.2. The molecule has 1 unspecified atom stereocenters. The number of guanidine groups is 1. The van der Waals surface area contributed by atoms with Crippen molar-refractivity contribution < 1.29 is 13.2 Å². The van der Waals surface area contributed by atoms with Gasteiger partial charge in [0.2, 0.25) is 0 Å². The summed E-state index contributed by atoms with van der Waals surface area (Å²) in [5.41, 5.74) is 2.15. The second kappa shape index (κ2) is 10.5. The van der Waals surface area contributed by atoms with Crippen molar-refractivity contribution in [2.75, 3.05) is 39.8 Å². The van der Waals surface area contributed by atoms with Crippen molar-refractivity contribution in [3.63, 3.8) is 0 Å². The molecule has 2 heterocycles. The van der Waals surface area contributed by atoms with E-state index in [0.717, 1.165) is 36.9 Å². The van der Waals surface area contributed by atoms with Gasteiger partial charge >= 0.3 is 6.18 Å². The largest absolute Gasteiger partial charge is 0.403 e. The molecule has 0 bridgehead atoms. The van der Waals surface area contributed by atoms with Crippen LogP contribution in [0.2, 0.25) is 0 Å². The van der Waals surface area contributed by atoms with E-state index in [1.54, 1.807) is 7.05 Å². The Balaban J connectivity index is 0.00000364. The summed E-state index contributed by atoms with van der Waals surface area (Å²) in [6, 6.07) is 0.647. The van der Waals surface area contributed by atoms with Crippen LogP contribution in [-0.2, 0) is 6.54 Å². The fraction of sp³-hybridized carbons (Fsp3) is 0.765. The zero-order valence-corrected chi connectivity index (χ0v) is 18.7. The van der Waals surface area contributed by atoms with E-state index < -0.39 is 12.2 Å². The number of halogens is 4. The summed E-state index contributed by atoms with van der Waals surface area (Å²) in [7, 11) is 1.70. The van der Waals surface area contributed by atoms with Gasteiger partial charge in [-0.15, -0.1) is 24.0 Å². The number of nitrogens with zero attached hydrogens (tertiary/aromatic N) is 5. The van der Waals surface area contributed by atoms with Crippen LogP contribution in [0.15, 0.2) is 11.1 Å². The summed E-state index contributed by atoms with van der Waals surface area (Å²) in [5.74, 6) is 0.748. The fourth-order valence-electron chi connectivity index (χ4n) is 3.19. The van der Waals surface area contributed by atoms with Crippen LogP contribution in [0, 0.1) is 13.8 Å². The molecular weight excluding hydrogens is 472 g/mol. The summed E-state index contributed by atoms with van der Waals surface area (Å²) in [6.07, 6.45) is -3.28. The average molecular weight is 502 g/mol. The van der Waals surface area contributed by atoms with Crippen LogP contribution >= 0.6 is 24.0 Å². The highest BCUT2D eigenvalue weighted by Crippen LogP contribution is 2.25. The quantitative estimate of drug-likeness (QED) is 0.291. The maximum atomic E-state index is 12.8. The predicted octanol–water partition coefficient (Wildman–Crippen LogP) is 2.65. The Labute approximate surface area is 176 Å². The first-order valence-corrected chi connectivity index (χ1v) is 8.99. The molecule has 1 aliphatic heterocycles. The van der Waals surface area contributed by atoms with E-state index in [1.807, 2.05) is 29.5 Å². The molecule has 2 rings (SSSR count). The number of aliphatic imine (C=N–C) groups is 1. The second-order valence-corrected chi connectivity index (χ2v) is 6.72. The minimum Gasteiger partial charge on any atom is -0.356 e. The smallest absolute Gasteiger partial charge is 0.356 e. The number of piperazine rings is 1. The van der Waals surface area contributed by atoms with Crippen LogP contribution in [0.3, 0.4) is 0 Å². The van der Waals surface area contributed by atoms with E-state index >= 15 is 0 Å². The molecule has 1 aliphatic rings. The van der Waals surface area contributed by atoms with Gasteiger partial charge in [0.05, 0.1) is 5.69 Å². The molecule has 1 saturated heterocycles. The van der Waals surface area contributed by atoms with Crippen molar-refractivity contribution in [2.24, 2.45) is 4.99 Å². The average Bonchev–Trinajstić information content (AvgIpc) is 2.91. The van der Waals surface area contributed by atoms with Gasteiger partial charge < -0.3 is 10.2 Å². The number of rotatable bonds is 5. The van der Waals surface area contributed by atoms with Crippen molar-refractivity contribution in [2.45, 2.75) is 46.0 Å². The van der Waals surface area contributed by atoms with Crippen molar-refractivity contribution in [1.29, 1.82) is 0 Å². The molecule has 0 spiro atoms. The van der Waals surface area contributed by atoms with Crippen molar-refractivity contribution in [3.05, 3.63) is 17.5 Å². The Morgan fingerprint density at radius 3 is 2.37 bits per heavy atom. The molecular formula is C17H30F3IN6. The van der Waals surface area contributed by atoms with Gasteiger partial charge in [-0.1, -0.05) is 0 Å². The number of hydrogen-bond acceptors (Lipinski definition) is 3. The molecule has 0 aliphatic carbocycles. The van der Waals surface area contributed by atoms with Gasteiger partial charge in [0.15, 0.2) is 5.96 Å². The Hall–Kier alpha value is -1.04. The Morgan fingerprint density at radius 2 is 1.89 bits per heavy atom. The third-order valence-corrected chi connectivity index (χ3v) is 4.78. The normalized spacial score (nSPS) is 17.6. The summed E-state index contributed by atoms with van der Waals surface area (Å²) in [5, 5.41) is 7.74. The third-order valence-electron chi connectivity index (χ3n) is 4.78. The highest BCUT2D eigenvalue weighted by Gasteiger charge is 2.41. The molecule has 10 heteroatoms. The monoisotopic (exact) mass is 502 g/mol. The molecule has 27 heavy (non-hydrogen) atoms. The van der Waals surface area contributed by atoms with Gasteiger partial charge in [-0.2, -0.15) is 18.3 Å². The molecule has 1 aromatic heterocycles. The van der Waals surface area contributed by atoms with E-state index in [4.69, 9.17) is 0 Å². The van der Waals surface area contributed by atoms with Gasteiger partial charge in [0.25, 0.3) is 0 Å². The molecule has 0 aromatic carbocycles. The van der Waals surface area contributed by atoms with Crippen LogP contribution in [0.5, 0.6) is 0 Å². The minimum absolute atomic E-state index is 0. The summed E-state index contributed by atoms with van der Waals surface area (Å²) in [4.78, 5) is 7.76. The predicted molar refractivity (Wildman–Crippen MR) is 112 cm³/mol. The van der Waals surface area contributed by atoms with E-state index in [1.165, 1.54) is 11.8 Å². The third kappa shape index (κ3) is 6.81. The maximum absolute atomic E-state index is 12.8. The standard InChI is InChI=1S/C17H29F3N6.HI/c1-13-12-14(2)26(23-13)7-5-6-22-16(21-4)25-10-8-24(9-11-25)15(3)17(18,19)20;/h12,15H,5-11H2,1-4H3,(H,21,22);1H. The lowest BCUT2D eigenvalue weighted by molar-refractivity contribution is -0.181. The number of aryl methyl sites for hydroxylation is 3. The van der Waals surface area contributed by atoms with Gasteiger partial charge in [-0.25, -0.2) is 0 Å². The fourth-order valence-corrected chi connectivity index (χ4v) is 3.19. The first-order valence-electron chi connectivity index (χ1n) is 8.99. The first-order chi connectivity index (χ1) is 12.2. The molecule has 1 fully saturated rings. The van der Waals surface area contributed by atoms with E-state index in [-0.39, 0.29) is 24.0 Å². The first kappa shape index (κ1) is 24.0. The highest BCUT2D eigenvalue weighted by atomic mass is 127. The highest BCUT2D eigenvalue weighted by molar-refractivity contribution is 14.0. The van der Waals surface area contributed by atoms with Crippen molar-refractivity contribution in [1.82, 2.24) is 24.9 Å². The SMILES string of the molecule is CN=C(NCCCn1nc(C)cc1C)N1CCN(C(C)C(F)(F)F)CC1.I. The van der Waals surface area contributed by atoms with Crippen LogP contribution in [-0.4, -0.2) is 77.5 Å². The molecule has 6 nitrogen and oxygen atoms in total. The van der Waals surface area contributed by atoms with Crippen LogP contribution in [0.25, 0.3) is 0 Å². The maximum Gasteiger partial charge on any atom is 0.403 e. The van der Waals surface area contributed by atoms with Gasteiger partial charge in [-0.05, 0) is 33.3 Å². The molecule has 156 valence electrons. The number of hydrogen-bond donors (Lipinski definition) is 1. The van der Waals surface area contributed by atoms with E-state index in [0.29, 0.717) is 26.2 Å². The minimum atomic E-state index is -4.18. The Kier molecular flexibility index (Phi) is 9.32. The number of nitrogens with one attached hydrogen (secondary N) is 1.